The number of nitrogens with zero attached hydrogens (tertiary/aromatic N) is 4. The topological polar surface area (TPSA) is 93.4 Å². The van der Waals surface area contributed by atoms with Crippen molar-refractivity contribution in [2.75, 3.05) is 19.6 Å². The van der Waals surface area contributed by atoms with E-state index in [2.05, 4.69) is 57.1 Å². The summed E-state index contributed by atoms with van der Waals surface area (Å²) in [5, 5.41) is 15.4. The van der Waals surface area contributed by atoms with Crippen LogP contribution in [0.4, 0.5) is 0 Å². The van der Waals surface area contributed by atoms with Crippen LogP contribution in [-0.2, 0) is 6.54 Å². The van der Waals surface area contributed by atoms with Crippen LogP contribution in [-0.4, -0.2) is 35.1 Å². The molecule has 7 nitrogen and oxygen atoms in total. The minimum Gasteiger partial charge on any atom is -0.310 e. The normalized spacial score (nSPS) is 17.2. The Labute approximate surface area is 186 Å². The molecule has 1 aliphatic heterocycles. The second-order valence-corrected chi connectivity index (χ2v) is 9.07. The highest BCUT2D eigenvalue weighted by atomic mass is 32.1. The molecular weight excluding hydrogens is 408 g/mol. The van der Waals surface area contributed by atoms with Crippen LogP contribution in [0.15, 0.2) is 53.3 Å². The second kappa shape index (κ2) is 9.52. The fourth-order valence-corrected chi connectivity index (χ4v) is 4.91. The number of nitroso groups, excluding NO2 is 1. The Morgan fingerprint density at radius 3 is 2.74 bits per heavy atom. The number of piperidine rings is 1. The Morgan fingerprint density at radius 1 is 1.26 bits per heavy atom. The third-order valence-electron chi connectivity index (χ3n) is 6.30. The Kier molecular flexibility index (Phi) is 6.56. The minimum atomic E-state index is -0.344. The molecule has 3 aromatic rings. The summed E-state index contributed by atoms with van der Waals surface area (Å²) >= 11 is 1.66. The molecule has 1 aromatic heterocycles. The van der Waals surface area contributed by atoms with Gasteiger partial charge < -0.3 is 5.32 Å². The fraction of sp³-hybridized carbons (Fsp3) is 0.391. The number of hydrogen-bond donors (Lipinski definition) is 2. The van der Waals surface area contributed by atoms with E-state index in [0.717, 1.165) is 37.0 Å². The molecule has 1 atom stereocenters. The largest absolute Gasteiger partial charge is 0.310 e. The molecular formula is C23H26N6OS. The number of fused-ring (bicyclic) bond motifs is 1. The monoisotopic (exact) mass is 434 g/mol. The second-order valence-electron chi connectivity index (χ2n) is 8.19. The van der Waals surface area contributed by atoms with Crippen molar-refractivity contribution in [1.29, 1.82) is 5.26 Å². The molecule has 31 heavy (non-hydrogen) atoms. The molecule has 0 saturated carbocycles. The minimum absolute atomic E-state index is 0.292. The number of benzene rings is 2. The molecule has 0 bridgehead atoms. The molecule has 0 radical (unpaired) electrons. The molecule has 4 rings (SSSR count). The maximum absolute atomic E-state index is 11.1. The van der Waals surface area contributed by atoms with Crippen molar-refractivity contribution in [2.45, 2.75) is 37.9 Å². The fourth-order valence-electron chi connectivity index (χ4n) is 4.25. The van der Waals surface area contributed by atoms with Crippen molar-refractivity contribution in [3.8, 4) is 6.07 Å². The van der Waals surface area contributed by atoms with E-state index >= 15 is 0 Å². The average Bonchev–Trinajstić information content (AvgIpc) is 3.28. The lowest BCUT2D eigenvalue weighted by Crippen LogP contribution is -2.57. The van der Waals surface area contributed by atoms with E-state index in [9.17, 15) is 4.91 Å². The zero-order valence-corrected chi connectivity index (χ0v) is 18.4. The van der Waals surface area contributed by atoms with Gasteiger partial charge in [-0.25, -0.2) is 4.98 Å². The van der Waals surface area contributed by atoms with Crippen LogP contribution >= 0.6 is 11.3 Å². The van der Waals surface area contributed by atoms with E-state index in [1.54, 1.807) is 11.3 Å². The van der Waals surface area contributed by atoms with Crippen LogP contribution < -0.4 is 10.7 Å². The Hall–Kier alpha value is -2.86. The highest BCUT2D eigenvalue weighted by Gasteiger charge is 2.36. The van der Waals surface area contributed by atoms with Crippen LogP contribution in [0.5, 0.6) is 0 Å². The lowest BCUT2D eigenvalue weighted by atomic mass is 9.87. The zero-order valence-electron chi connectivity index (χ0n) is 17.5. The van der Waals surface area contributed by atoms with Crippen LogP contribution in [0.25, 0.3) is 10.2 Å². The third kappa shape index (κ3) is 4.90. The molecule has 2 heterocycles. The molecule has 2 aromatic carbocycles. The number of nitrogens with one attached hydrogen (secondary N) is 2. The first kappa shape index (κ1) is 21.4. The molecule has 8 heteroatoms. The summed E-state index contributed by atoms with van der Waals surface area (Å²) in [6, 6.07) is 16.5. The van der Waals surface area contributed by atoms with Crippen molar-refractivity contribution < 1.29 is 0 Å². The molecule has 1 fully saturated rings. The molecule has 160 valence electrons. The van der Waals surface area contributed by atoms with E-state index in [4.69, 9.17) is 5.26 Å². The Bertz CT molecular complexity index is 1070. The van der Waals surface area contributed by atoms with Crippen molar-refractivity contribution in [3.05, 3.63) is 69.6 Å². The smallest absolute Gasteiger partial charge is 0.0991 e. The number of hydrogen-bond acceptors (Lipinski definition) is 7. The lowest BCUT2D eigenvalue weighted by Gasteiger charge is -2.43. The van der Waals surface area contributed by atoms with Gasteiger partial charge in [-0.1, -0.05) is 18.2 Å². The van der Waals surface area contributed by atoms with Gasteiger partial charge in [0.1, 0.15) is 0 Å². The zero-order chi connectivity index (χ0) is 21.7. The van der Waals surface area contributed by atoms with Crippen LogP contribution in [0.1, 0.15) is 42.5 Å². The summed E-state index contributed by atoms with van der Waals surface area (Å²) in [6.07, 6.45) is 1.67. The number of thiazole rings is 1. The average molecular weight is 435 g/mol. The molecule has 0 aliphatic carbocycles. The van der Waals surface area contributed by atoms with Crippen LogP contribution in [0.2, 0.25) is 0 Å². The van der Waals surface area contributed by atoms with Crippen molar-refractivity contribution >= 4 is 21.6 Å². The number of aromatic nitrogens is 1. The first-order valence-corrected chi connectivity index (χ1v) is 11.4. The number of nitriles is 1. The molecule has 1 saturated heterocycles. The maximum Gasteiger partial charge on any atom is 0.0991 e. The molecule has 0 spiro atoms. The van der Waals surface area contributed by atoms with Crippen molar-refractivity contribution in [1.82, 2.24) is 20.6 Å². The van der Waals surface area contributed by atoms with Gasteiger partial charge >= 0.3 is 0 Å². The first-order valence-electron chi connectivity index (χ1n) is 10.5. The van der Waals surface area contributed by atoms with Gasteiger partial charge in [-0.05, 0) is 55.2 Å². The van der Waals surface area contributed by atoms with Gasteiger partial charge in [0, 0.05) is 32.2 Å². The van der Waals surface area contributed by atoms with Gasteiger partial charge in [0.25, 0.3) is 0 Å². The Morgan fingerprint density at radius 2 is 2.03 bits per heavy atom. The van der Waals surface area contributed by atoms with E-state index in [0.29, 0.717) is 24.7 Å². The standard InChI is InChI=1S/C23H26N6OS/c1-17(20-6-7-22-21(12-20)26-16-31-22)29-10-8-23(9-11-29,27-28-30)15-25-14-19-4-2-18(13-24)3-5-19/h2-7,12,16-17,25H,8-11,14-15H2,1H3,(H,27,30). The predicted octanol–water partition coefficient (Wildman–Crippen LogP) is 4.12. The van der Waals surface area contributed by atoms with E-state index in [-0.39, 0.29) is 5.54 Å². The van der Waals surface area contributed by atoms with Gasteiger partial charge in [-0.3, -0.25) is 10.3 Å². The van der Waals surface area contributed by atoms with E-state index < -0.39 is 0 Å². The maximum atomic E-state index is 11.1. The van der Waals surface area contributed by atoms with E-state index in [1.165, 1.54) is 10.3 Å². The quantitative estimate of drug-likeness (QED) is 0.409. The highest BCUT2D eigenvalue weighted by molar-refractivity contribution is 7.16. The van der Waals surface area contributed by atoms with Gasteiger partial charge in [0.15, 0.2) is 0 Å². The van der Waals surface area contributed by atoms with Gasteiger partial charge in [-0.2, -0.15) is 5.26 Å². The summed E-state index contributed by atoms with van der Waals surface area (Å²) in [6.45, 7) is 5.34. The molecule has 1 unspecified atom stereocenters. The first-order chi connectivity index (χ1) is 15.1. The predicted molar refractivity (Wildman–Crippen MR) is 123 cm³/mol. The Balaban J connectivity index is 1.34. The lowest BCUT2D eigenvalue weighted by molar-refractivity contribution is 0.103. The van der Waals surface area contributed by atoms with Gasteiger partial charge in [0.2, 0.25) is 0 Å². The van der Waals surface area contributed by atoms with Gasteiger partial charge in [-0.15, -0.1) is 16.2 Å². The van der Waals surface area contributed by atoms with Crippen molar-refractivity contribution in [2.24, 2.45) is 5.29 Å². The van der Waals surface area contributed by atoms with Crippen molar-refractivity contribution in [3.63, 3.8) is 0 Å². The summed E-state index contributed by atoms with van der Waals surface area (Å²) in [7, 11) is 0. The van der Waals surface area contributed by atoms with Gasteiger partial charge in [0.05, 0.1) is 38.2 Å². The molecule has 0 amide bonds. The molecule has 1 aliphatic rings. The number of likely N-dealkylation sites (tertiary alicyclic amines) is 1. The SMILES string of the molecule is CC(c1ccc2scnc2c1)N1CCC(CNCc2ccc(C#N)cc2)(NN=O)CC1. The number of rotatable bonds is 8. The highest BCUT2D eigenvalue weighted by Crippen LogP contribution is 2.30. The summed E-state index contributed by atoms with van der Waals surface area (Å²) in [5.74, 6) is 0. The van der Waals surface area contributed by atoms with E-state index in [1.807, 2.05) is 29.8 Å². The molecule has 2 N–H and O–H groups in total. The summed E-state index contributed by atoms with van der Waals surface area (Å²) in [5.41, 5.74) is 8.48. The van der Waals surface area contributed by atoms with Crippen LogP contribution in [0.3, 0.4) is 0 Å². The third-order valence-corrected chi connectivity index (χ3v) is 7.11. The summed E-state index contributed by atoms with van der Waals surface area (Å²) < 4.78 is 1.21. The summed E-state index contributed by atoms with van der Waals surface area (Å²) in [4.78, 5) is 18.0. The van der Waals surface area contributed by atoms with Crippen LogP contribution in [0, 0.1) is 16.2 Å².